The van der Waals surface area contributed by atoms with Crippen molar-refractivity contribution in [3.05, 3.63) is 34.1 Å². The van der Waals surface area contributed by atoms with Gasteiger partial charge in [-0.05, 0) is 47.0 Å². The zero-order valence-electron chi connectivity index (χ0n) is 10.6. The van der Waals surface area contributed by atoms with Crippen LogP contribution in [0.1, 0.15) is 36.0 Å². The van der Waals surface area contributed by atoms with E-state index >= 15 is 0 Å². The Bertz CT molecular complexity index is 467. The Labute approximate surface area is 120 Å². The lowest BCUT2D eigenvalue weighted by atomic mass is 10.1. The first-order chi connectivity index (χ1) is 9.13. The van der Waals surface area contributed by atoms with Gasteiger partial charge in [0.25, 0.3) is 5.91 Å². The van der Waals surface area contributed by atoms with E-state index in [1.807, 2.05) is 0 Å². The van der Waals surface area contributed by atoms with Gasteiger partial charge in [0.2, 0.25) is 0 Å². The zero-order valence-corrected chi connectivity index (χ0v) is 12.2. The largest absolute Gasteiger partial charge is 0.394 e. The average Bonchev–Trinajstić information content (AvgIpc) is 2.66. The van der Waals surface area contributed by atoms with E-state index in [1.54, 1.807) is 11.0 Å². The quantitative estimate of drug-likeness (QED) is 0.906. The van der Waals surface area contributed by atoms with Crippen molar-refractivity contribution in [2.75, 3.05) is 13.2 Å². The van der Waals surface area contributed by atoms with Crippen molar-refractivity contribution in [3.8, 4) is 0 Å². The van der Waals surface area contributed by atoms with Crippen LogP contribution in [0.15, 0.2) is 22.7 Å². The Hall–Kier alpha value is -0.940. The molecule has 104 valence electrons. The minimum absolute atomic E-state index is 0.0370. The van der Waals surface area contributed by atoms with Crippen LogP contribution in [0.2, 0.25) is 0 Å². The molecule has 1 aromatic rings. The van der Waals surface area contributed by atoms with Crippen molar-refractivity contribution in [1.29, 1.82) is 0 Å². The van der Waals surface area contributed by atoms with Crippen molar-refractivity contribution in [1.82, 2.24) is 4.90 Å². The molecule has 0 bridgehead atoms. The highest BCUT2D eigenvalue weighted by atomic mass is 79.9. The summed E-state index contributed by atoms with van der Waals surface area (Å²) in [6, 6.07) is 4.23. The first-order valence-corrected chi connectivity index (χ1v) is 7.29. The van der Waals surface area contributed by atoms with Gasteiger partial charge < -0.3 is 10.0 Å². The summed E-state index contributed by atoms with van der Waals surface area (Å²) in [7, 11) is 0. The maximum atomic E-state index is 13.5. The molecule has 1 aliphatic heterocycles. The highest BCUT2D eigenvalue weighted by Crippen LogP contribution is 2.21. The minimum Gasteiger partial charge on any atom is -0.394 e. The molecule has 1 fully saturated rings. The van der Waals surface area contributed by atoms with Gasteiger partial charge >= 0.3 is 0 Å². The van der Waals surface area contributed by atoms with Crippen LogP contribution in [0, 0.1) is 5.82 Å². The number of hydrogen-bond donors (Lipinski definition) is 1. The molecule has 19 heavy (non-hydrogen) atoms. The van der Waals surface area contributed by atoms with Crippen molar-refractivity contribution < 1.29 is 14.3 Å². The summed E-state index contributed by atoms with van der Waals surface area (Å²) < 4.78 is 13.8. The third-order valence-electron chi connectivity index (χ3n) is 3.52. The summed E-state index contributed by atoms with van der Waals surface area (Å²) in [4.78, 5) is 14.1. The van der Waals surface area contributed by atoms with Gasteiger partial charge in [0.15, 0.2) is 0 Å². The van der Waals surface area contributed by atoms with Crippen LogP contribution in [0.25, 0.3) is 0 Å². The van der Waals surface area contributed by atoms with Crippen LogP contribution in [0.5, 0.6) is 0 Å². The van der Waals surface area contributed by atoms with E-state index in [0.717, 1.165) is 25.7 Å². The van der Waals surface area contributed by atoms with E-state index in [1.165, 1.54) is 12.1 Å². The predicted octanol–water partition coefficient (Wildman–Crippen LogP) is 2.97. The molecule has 1 N–H and O–H groups in total. The molecule has 1 amide bonds. The molecule has 0 saturated carbocycles. The number of aliphatic hydroxyl groups is 1. The normalized spacial score (nSPS) is 20.2. The standard InChI is InChI=1S/C14H17BrFNO2/c15-12-6-5-10(8-13(12)16)14(19)17-7-3-1-2-4-11(17)9-18/h5-6,8,11,18H,1-4,7,9H2. The summed E-state index contributed by atoms with van der Waals surface area (Å²) in [5.41, 5.74) is 0.334. The molecule has 1 saturated heterocycles. The molecule has 0 spiro atoms. The van der Waals surface area contributed by atoms with Gasteiger partial charge in [-0.3, -0.25) is 4.79 Å². The van der Waals surface area contributed by atoms with Crippen molar-refractivity contribution in [2.45, 2.75) is 31.7 Å². The van der Waals surface area contributed by atoms with Gasteiger partial charge in [0, 0.05) is 12.1 Å². The van der Waals surface area contributed by atoms with Crippen molar-refractivity contribution in [3.63, 3.8) is 0 Å². The Morgan fingerprint density at radius 2 is 2.21 bits per heavy atom. The smallest absolute Gasteiger partial charge is 0.254 e. The summed E-state index contributed by atoms with van der Waals surface area (Å²) in [5, 5.41) is 9.41. The van der Waals surface area contributed by atoms with Gasteiger partial charge in [-0.2, -0.15) is 0 Å². The number of rotatable bonds is 2. The van der Waals surface area contributed by atoms with E-state index in [-0.39, 0.29) is 18.6 Å². The highest BCUT2D eigenvalue weighted by molar-refractivity contribution is 9.10. The molecule has 1 aromatic carbocycles. The average molecular weight is 330 g/mol. The number of amides is 1. The van der Waals surface area contributed by atoms with Crippen LogP contribution in [0.3, 0.4) is 0 Å². The molecule has 0 radical (unpaired) electrons. The number of carbonyl (C=O) groups excluding carboxylic acids is 1. The van der Waals surface area contributed by atoms with E-state index in [9.17, 15) is 14.3 Å². The van der Waals surface area contributed by atoms with E-state index in [4.69, 9.17) is 0 Å². The lowest BCUT2D eigenvalue weighted by Crippen LogP contribution is -2.42. The van der Waals surface area contributed by atoms with Crippen LogP contribution in [0.4, 0.5) is 4.39 Å². The lowest BCUT2D eigenvalue weighted by molar-refractivity contribution is 0.0599. The van der Waals surface area contributed by atoms with Gasteiger partial charge in [0.05, 0.1) is 17.1 Å². The zero-order chi connectivity index (χ0) is 13.8. The summed E-state index contributed by atoms with van der Waals surface area (Å²) in [5.74, 6) is -0.645. The predicted molar refractivity (Wildman–Crippen MR) is 74.5 cm³/mol. The Balaban J connectivity index is 2.22. The molecule has 1 aliphatic rings. The Kier molecular flexibility index (Phi) is 4.93. The molecule has 5 heteroatoms. The van der Waals surface area contributed by atoms with Crippen LogP contribution < -0.4 is 0 Å². The fourth-order valence-electron chi connectivity index (χ4n) is 2.43. The van der Waals surface area contributed by atoms with Gasteiger partial charge in [0.1, 0.15) is 5.82 Å². The molecule has 0 aliphatic carbocycles. The number of nitrogens with zero attached hydrogens (tertiary/aromatic N) is 1. The second-order valence-corrected chi connectivity index (χ2v) is 5.67. The molecular formula is C14H17BrFNO2. The number of carbonyl (C=O) groups is 1. The number of halogens is 2. The number of benzene rings is 1. The molecule has 2 rings (SSSR count). The first kappa shape index (κ1) is 14.5. The van der Waals surface area contributed by atoms with E-state index in [2.05, 4.69) is 15.9 Å². The van der Waals surface area contributed by atoms with Crippen molar-refractivity contribution >= 4 is 21.8 Å². The fraction of sp³-hybridized carbons (Fsp3) is 0.500. The maximum absolute atomic E-state index is 13.5. The van der Waals surface area contributed by atoms with Gasteiger partial charge in [-0.1, -0.05) is 12.8 Å². The summed E-state index contributed by atoms with van der Waals surface area (Å²) in [6.45, 7) is 0.590. The molecule has 1 heterocycles. The van der Waals surface area contributed by atoms with E-state index < -0.39 is 5.82 Å². The van der Waals surface area contributed by atoms with Crippen LogP contribution in [-0.2, 0) is 0 Å². The minimum atomic E-state index is -0.443. The topological polar surface area (TPSA) is 40.5 Å². The molecule has 1 atom stereocenters. The maximum Gasteiger partial charge on any atom is 0.254 e. The second-order valence-electron chi connectivity index (χ2n) is 4.81. The summed E-state index contributed by atoms with van der Waals surface area (Å²) in [6.07, 6.45) is 3.82. The monoisotopic (exact) mass is 329 g/mol. The molecule has 3 nitrogen and oxygen atoms in total. The van der Waals surface area contributed by atoms with Crippen LogP contribution in [-0.4, -0.2) is 35.1 Å². The van der Waals surface area contributed by atoms with Crippen molar-refractivity contribution in [2.24, 2.45) is 0 Å². The lowest BCUT2D eigenvalue weighted by Gasteiger charge is -2.28. The second kappa shape index (κ2) is 6.48. The number of hydrogen-bond acceptors (Lipinski definition) is 2. The van der Waals surface area contributed by atoms with Crippen LogP contribution >= 0.6 is 15.9 Å². The van der Waals surface area contributed by atoms with E-state index in [0.29, 0.717) is 16.6 Å². The summed E-state index contributed by atoms with van der Waals surface area (Å²) >= 11 is 3.07. The van der Waals surface area contributed by atoms with Gasteiger partial charge in [-0.15, -0.1) is 0 Å². The SMILES string of the molecule is O=C(c1ccc(Br)c(F)c1)N1CCCCCC1CO. The third-order valence-corrected chi connectivity index (χ3v) is 4.16. The fourth-order valence-corrected chi connectivity index (χ4v) is 2.68. The molecular weight excluding hydrogens is 313 g/mol. The highest BCUT2D eigenvalue weighted by Gasteiger charge is 2.26. The molecule has 0 aromatic heterocycles. The van der Waals surface area contributed by atoms with Gasteiger partial charge in [-0.25, -0.2) is 4.39 Å². The number of aliphatic hydroxyl groups excluding tert-OH is 1. The third kappa shape index (κ3) is 3.34. The Morgan fingerprint density at radius 3 is 2.89 bits per heavy atom. The first-order valence-electron chi connectivity index (χ1n) is 6.50. The molecule has 1 unspecified atom stereocenters. The Morgan fingerprint density at radius 1 is 1.42 bits per heavy atom. The number of likely N-dealkylation sites (tertiary alicyclic amines) is 1.